The van der Waals surface area contributed by atoms with E-state index in [0.717, 1.165) is 24.2 Å². The van der Waals surface area contributed by atoms with Gasteiger partial charge in [-0.1, -0.05) is 6.92 Å². The molecule has 1 aliphatic rings. The molecule has 104 valence electrons. The van der Waals surface area contributed by atoms with Gasteiger partial charge >= 0.3 is 5.97 Å². The number of hydrogen-bond donors (Lipinski definition) is 1. The largest absolute Gasteiger partial charge is 0.478 e. The third-order valence-corrected chi connectivity index (χ3v) is 3.59. The van der Waals surface area contributed by atoms with Crippen LogP contribution in [0.5, 0.6) is 0 Å². The Morgan fingerprint density at radius 2 is 2.20 bits per heavy atom. The Balaban J connectivity index is 2.08. The number of hydrogen-bond acceptors (Lipinski definition) is 4. The summed E-state index contributed by atoms with van der Waals surface area (Å²) in [5, 5.41) is 9.98. The van der Waals surface area contributed by atoms with Gasteiger partial charge in [0.05, 0.1) is 11.1 Å². The fourth-order valence-corrected chi connectivity index (χ4v) is 2.49. The average Bonchev–Trinajstić information content (AvgIpc) is 3.28. The molecule has 0 spiro atoms. The van der Waals surface area contributed by atoms with Crippen molar-refractivity contribution in [2.45, 2.75) is 32.2 Å². The lowest BCUT2D eigenvalue weighted by atomic mass is 10.1. The van der Waals surface area contributed by atoms with E-state index in [4.69, 9.17) is 5.11 Å². The molecule has 0 atom stereocenters. The van der Waals surface area contributed by atoms with Crippen molar-refractivity contribution in [2.75, 3.05) is 11.4 Å². The molecule has 0 radical (unpaired) electrons. The van der Waals surface area contributed by atoms with E-state index in [0.29, 0.717) is 11.6 Å². The summed E-state index contributed by atoms with van der Waals surface area (Å²) < 4.78 is 0. The Morgan fingerprint density at radius 3 is 2.85 bits per heavy atom. The summed E-state index contributed by atoms with van der Waals surface area (Å²) in [6.07, 6.45) is 5.00. The Bertz CT molecular complexity index is 653. The zero-order valence-electron chi connectivity index (χ0n) is 11.4. The molecule has 20 heavy (non-hydrogen) atoms. The highest BCUT2D eigenvalue weighted by molar-refractivity contribution is 5.96. The van der Waals surface area contributed by atoms with Crippen molar-refractivity contribution < 1.29 is 9.90 Å². The summed E-state index contributed by atoms with van der Waals surface area (Å²) in [4.78, 5) is 22.0. The molecule has 1 fully saturated rings. The third-order valence-electron chi connectivity index (χ3n) is 3.59. The van der Waals surface area contributed by atoms with Crippen molar-refractivity contribution in [1.82, 2.24) is 9.97 Å². The van der Waals surface area contributed by atoms with Crippen LogP contribution in [0.25, 0.3) is 10.9 Å². The van der Waals surface area contributed by atoms with E-state index in [1.807, 2.05) is 6.07 Å². The number of carbonyl (C=O) groups is 1. The maximum Gasteiger partial charge on any atom is 0.335 e. The van der Waals surface area contributed by atoms with Crippen molar-refractivity contribution >= 4 is 22.7 Å². The van der Waals surface area contributed by atoms with Crippen LogP contribution in [-0.2, 0) is 0 Å². The van der Waals surface area contributed by atoms with Gasteiger partial charge in [0.25, 0.3) is 0 Å². The monoisotopic (exact) mass is 271 g/mol. The molecule has 0 saturated heterocycles. The maximum atomic E-state index is 11.0. The Morgan fingerprint density at radius 1 is 1.40 bits per heavy atom. The summed E-state index contributed by atoms with van der Waals surface area (Å²) in [7, 11) is 0. The first-order chi connectivity index (χ1) is 9.70. The van der Waals surface area contributed by atoms with Gasteiger partial charge in [-0.3, -0.25) is 0 Å². The predicted molar refractivity (Wildman–Crippen MR) is 77.2 cm³/mol. The second-order valence-corrected chi connectivity index (χ2v) is 5.16. The summed E-state index contributed by atoms with van der Waals surface area (Å²) in [5.41, 5.74) is 0.951. The minimum Gasteiger partial charge on any atom is -0.478 e. The van der Waals surface area contributed by atoms with Crippen molar-refractivity contribution in [3.05, 3.63) is 30.1 Å². The molecule has 1 N–H and O–H groups in total. The van der Waals surface area contributed by atoms with Crippen LogP contribution >= 0.6 is 0 Å². The number of aromatic nitrogens is 2. The number of carboxylic acids is 1. The van der Waals surface area contributed by atoms with E-state index < -0.39 is 5.97 Å². The molecule has 1 saturated carbocycles. The number of rotatable bonds is 5. The summed E-state index contributed by atoms with van der Waals surface area (Å²) in [5.74, 6) is -0.00374. The van der Waals surface area contributed by atoms with Crippen molar-refractivity contribution in [3.8, 4) is 0 Å². The smallest absolute Gasteiger partial charge is 0.335 e. The molecule has 0 unspecified atom stereocenters. The average molecular weight is 271 g/mol. The second-order valence-electron chi connectivity index (χ2n) is 5.16. The van der Waals surface area contributed by atoms with Gasteiger partial charge in [-0.2, -0.15) is 0 Å². The van der Waals surface area contributed by atoms with Crippen molar-refractivity contribution in [3.63, 3.8) is 0 Å². The lowest BCUT2D eigenvalue weighted by Gasteiger charge is -2.24. The standard InChI is InChI=1S/C15H17N3O2/c1-2-7-18(11-4-5-11)14-12-6-3-10(15(19)20)8-13(12)16-9-17-14/h3,6,8-9,11H,2,4-5,7H2,1H3,(H,19,20). The van der Waals surface area contributed by atoms with Gasteiger partial charge in [0.2, 0.25) is 0 Å². The first-order valence-corrected chi connectivity index (χ1v) is 6.95. The van der Waals surface area contributed by atoms with E-state index in [1.165, 1.54) is 19.2 Å². The van der Waals surface area contributed by atoms with Crippen LogP contribution in [-0.4, -0.2) is 33.6 Å². The van der Waals surface area contributed by atoms with Crippen molar-refractivity contribution in [2.24, 2.45) is 0 Å². The van der Waals surface area contributed by atoms with Crippen LogP contribution in [0, 0.1) is 0 Å². The first kappa shape index (κ1) is 12.8. The zero-order chi connectivity index (χ0) is 14.1. The predicted octanol–water partition coefficient (Wildman–Crippen LogP) is 2.71. The topological polar surface area (TPSA) is 66.3 Å². The van der Waals surface area contributed by atoms with Crippen LogP contribution in [0.3, 0.4) is 0 Å². The number of benzene rings is 1. The molecule has 1 heterocycles. The summed E-state index contributed by atoms with van der Waals surface area (Å²) in [6, 6.07) is 5.63. The van der Waals surface area contributed by atoms with Gasteiger partial charge in [-0.05, 0) is 37.5 Å². The van der Waals surface area contributed by atoms with Crippen LogP contribution in [0.4, 0.5) is 5.82 Å². The minimum absolute atomic E-state index is 0.260. The molecule has 5 heteroatoms. The van der Waals surface area contributed by atoms with Crippen LogP contribution in [0.2, 0.25) is 0 Å². The van der Waals surface area contributed by atoms with Gasteiger partial charge in [-0.25, -0.2) is 14.8 Å². The van der Waals surface area contributed by atoms with E-state index in [1.54, 1.807) is 12.1 Å². The van der Waals surface area contributed by atoms with Crippen LogP contribution in [0.15, 0.2) is 24.5 Å². The Kier molecular flexibility index (Phi) is 3.26. The molecule has 5 nitrogen and oxygen atoms in total. The number of nitrogens with zero attached hydrogens (tertiary/aromatic N) is 3. The molecule has 0 bridgehead atoms. The minimum atomic E-state index is -0.931. The number of fused-ring (bicyclic) bond motifs is 1. The highest BCUT2D eigenvalue weighted by atomic mass is 16.4. The molecule has 2 aromatic rings. The first-order valence-electron chi connectivity index (χ1n) is 6.95. The van der Waals surface area contributed by atoms with Gasteiger partial charge in [0, 0.05) is 18.0 Å². The lowest BCUT2D eigenvalue weighted by Crippen LogP contribution is -2.27. The molecule has 1 aromatic carbocycles. The Hall–Kier alpha value is -2.17. The lowest BCUT2D eigenvalue weighted by molar-refractivity contribution is 0.0697. The third kappa shape index (κ3) is 2.31. The normalized spacial score (nSPS) is 14.4. The highest BCUT2D eigenvalue weighted by Crippen LogP contribution is 2.34. The Labute approximate surface area is 117 Å². The molecule has 1 aliphatic carbocycles. The zero-order valence-corrected chi connectivity index (χ0v) is 11.4. The molecule has 1 aromatic heterocycles. The second kappa shape index (κ2) is 5.07. The number of anilines is 1. The molecule has 0 amide bonds. The fourth-order valence-electron chi connectivity index (χ4n) is 2.49. The van der Waals surface area contributed by atoms with E-state index in [-0.39, 0.29) is 5.56 Å². The molecular formula is C15H17N3O2. The van der Waals surface area contributed by atoms with Gasteiger partial charge in [0.15, 0.2) is 0 Å². The quantitative estimate of drug-likeness (QED) is 0.905. The summed E-state index contributed by atoms with van der Waals surface area (Å²) in [6.45, 7) is 3.12. The molecule has 0 aliphatic heterocycles. The molecule has 3 rings (SSSR count). The number of carboxylic acid groups (broad SMARTS) is 1. The number of aromatic carboxylic acids is 1. The van der Waals surface area contributed by atoms with E-state index in [9.17, 15) is 4.79 Å². The van der Waals surface area contributed by atoms with Gasteiger partial charge in [-0.15, -0.1) is 0 Å². The van der Waals surface area contributed by atoms with Crippen LogP contribution < -0.4 is 4.90 Å². The van der Waals surface area contributed by atoms with Crippen LogP contribution in [0.1, 0.15) is 36.5 Å². The highest BCUT2D eigenvalue weighted by Gasteiger charge is 2.30. The molecular weight excluding hydrogens is 254 g/mol. The van der Waals surface area contributed by atoms with Gasteiger partial charge in [0.1, 0.15) is 12.1 Å². The fraction of sp³-hybridized carbons (Fsp3) is 0.400. The summed E-state index contributed by atoms with van der Waals surface area (Å²) >= 11 is 0. The van der Waals surface area contributed by atoms with E-state index in [2.05, 4.69) is 21.8 Å². The van der Waals surface area contributed by atoms with E-state index >= 15 is 0 Å². The van der Waals surface area contributed by atoms with Gasteiger partial charge < -0.3 is 10.0 Å². The SMILES string of the molecule is CCCN(c1ncnc2cc(C(=O)O)ccc12)C1CC1. The van der Waals surface area contributed by atoms with Crippen molar-refractivity contribution in [1.29, 1.82) is 0 Å². The maximum absolute atomic E-state index is 11.0.